The van der Waals surface area contributed by atoms with Gasteiger partial charge in [0.05, 0.1) is 11.1 Å². The topological polar surface area (TPSA) is 37.8 Å². The highest BCUT2D eigenvalue weighted by molar-refractivity contribution is 7.05. The Morgan fingerprint density at radius 3 is 2.50 bits per heavy atom. The minimum Gasteiger partial charge on any atom is -0.309 e. The number of rotatable bonds is 7. The molecule has 1 aromatic carbocycles. The third-order valence-electron chi connectivity index (χ3n) is 3.45. The van der Waals surface area contributed by atoms with Crippen molar-refractivity contribution in [3.05, 3.63) is 46.5 Å². The Hall–Kier alpha value is -1.26. The van der Waals surface area contributed by atoms with Gasteiger partial charge >= 0.3 is 0 Å². The molecule has 1 N–H and O–H groups in total. The molecular formula is C16H23N3S. The molecule has 0 aliphatic carbocycles. The maximum Gasteiger partial charge on any atom is 0.0669 e. The van der Waals surface area contributed by atoms with E-state index in [-0.39, 0.29) is 0 Å². The Kier molecular flexibility index (Phi) is 5.68. The molecule has 0 fully saturated rings. The summed E-state index contributed by atoms with van der Waals surface area (Å²) in [5, 5.41) is 7.55. The maximum atomic E-state index is 3.98. The van der Waals surface area contributed by atoms with Gasteiger partial charge in [-0.3, -0.25) is 0 Å². The molecule has 1 atom stereocenters. The second-order valence-electron chi connectivity index (χ2n) is 5.43. The van der Waals surface area contributed by atoms with Crippen molar-refractivity contribution in [2.24, 2.45) is 0 Å². The third kappa shape index (κ3) is 4.12. The molecule has 1 aromatic heterocycles. The summed E-state index contributed by atoms with van der Waals surface area (Å²) in [6.07, 6.45) is 4.00. The van der Waals surface area contributed by atoms with E-state index in [4.69, 9.17) is 0 Å². The second kappa shape index (κ2) is 7.50. The monoisotopic (exact) mass is 289 g/mol. The summed E-state index contributed by atoms with van der Waals surface area (Å²) in [5.41, 5.74) is 2.75. The van der Waals surface area contributed by atoms with Gasteiger partial charge in [0.2, 0.25) is 0 Å². The molecule has 3 nitrogen and oxygen atoms in total. The molecule has 0 spiro atoms. The van der Waals surface area contributed by atoms with Crippen LogP contribution < -0.4 is 5.32 Å². The van der Waals surface area contributed by atoms with Gasteiger partial charge in [-0.05, 0) is 48.0 Å². The van der Waals surface area contributed by atoms with Crippen molar-refractivity contribution in [3.63, 3.8) is 0 Å². The SMILES string of the molecule is CCCNC(Cc1ccc(C(C)C)cc1)c1cnns1. The molecule has 1 heterocycles. The summed E-state index contributed by atoms with van der Waals surface area (Å²) in [6, 6.07) is 9.28. The molecule has 2 aromatic rings. The first kappa shape index (κ1) is 15.1. The van der Waals surface area contributed by atoms with Crippen molar-refractivity contribution in [3.8, 4) is 0 Å². The van der Waals surface area contributed by atoms with Gasteiger partial charge in [-0.15, -0.1) is 5.10 Å². The third-order valence-corrected chi connectivity index (χ3v) is 4.23. The van der Waals surface area contributed by atoms with Crippen LogP contribution in [0.15, 0.2) is 30.5 Å². The molecule has 4 heteroatoms. The normalized spacial score (nSPS) is 12.8. The summed E-state index contributed by atoms with van der Waals surface area (Å²) in [7, 11) is 0. The fraction of sp³-hybridized carbons (Fsp3) is 0.500. The number of nitrogens with one attached hydrogen (secondary N) is 1. The number of hydrogen-bond acceptors (Lipinski definition) is 4. The minimum atomic E-state index is 0.319. The van der Waals surface area contributed by atoms with Crippen LogP contribution in [-0.2, 0) is 6.42 Å². The summed E-state index contributed by atoms with van der Waals surface area (Å²) >= 11 is 1.49. The lowest BCUT2D eigenvalue weighted by Crippen LogP contribution is -2.23. The van der Waals surface area contributed by atoms with Crippen molar-refractivity contribution in [2.75, 3.05) is 6.54 Å². The van der Waals surface area contributed by atoms with Crippen LogP contribution in [0.25, 0.3) is 0 Å². The standard InChI is InChI=1S/C16H23N3S/c1-4-9-17-15(16-11-18-19-20-16)10-13-5-7-14(8-6-13)12(2)3/h5-8,11-12,15,17H,4,9-10H2,1-3H3. The first-order valence-corrected chi connectivity index (χ1v) is 8.07. The number of hydrogen-bond donors (Lipinski definition) is 1. The van der Waals surface area contributed by atoms with Gasteiger partial charge in [0, 0.05) is 6.04 Å². The van der Waals surface area contributed by atoms with E-state index in [2.05, 4.69) is 59.9 Å². The molecule has 0 saturated carbocycles. The average Bonchev–Trinajstić information content (AvgIpc) is 2.98. The van der Waals surface area contributed by atoms with Gasteiger partial charge in [0.1, 0.15) is 0 Å². The average molecular weight is 289 g/mol. The zero-order chi connectivity index (χ0) is 14.4. The first-order chi connectivity index (χ1) is 9.70. The van der Waals surface area contributed by atoms with Crippen LogP contribution in [0.5, 0.6) is 0 Å². The van der Waals surface area contributed by atoms with Crippen molar-refractivity contribution in [2.45, 2.75) is 45.6 Å². The van der Waals surface area contributed by atoms with Gasteiger partial charge < -0.3 is 5.32 Å². The van der Waals surface area contributed by atoms with Gasteiger partial charge in [-0.1, -0.05) is 49.5 Å². The Morgan fingerprint density at radius 2 is 1.95 bits per heavy atom. The molecule has 0 radical (unpaired) electrons. The van der Waals surface area contributed by atoms with Gasteiger partial charge in [0.25, 0.3) is 0 Å². The van der Waals surface area contributed by atoms with E-state index >= 15 is 0 Å². The molecule has 0 bridgehead atoms. The van der Waals surface area contributed by atoms with E-state index < -0.39 is 0 Å². The van der Waals surface area contributed by atoms with Crippen LogP contribution in [0.2, 0.25) is 0 Å². The Bertz CT molecular complexity index is 491. The molecule has 0 saturated heterocycles. The summed E-state index contributed by atoms with van der Waals surface area (Å²) < 4.78 is 3.98. The van der Waals surface area contributed by atoms with Crippen molar-refractivity contribution >= 4 is 11.5 Å². The Labute approximate surface area is 125 Å². The molecule has 0 amide bonds. The number of aromatic nitrogens is 2. The lowest BCUT2D eigenvalue weighted by molar-refractivity contribution is 0.536. The molecule has 20 heavy (non-hydrogen) atoms. The molecule has 0 aliphatic rings. The summed E-state index contributed by atoms with van der Waals surface area (Å²) in [4.78, 5) is 1.21. The van der Waals surface area contributed by atoms with Crippen molar-refractivity contribution in [1.82, 2.24) is 14.9 Å². The van der Waals surface area contributed by atoms with Crippen LogP contribution in [-0.4, -0.2) is 16.1 Å². The Balaban J connectivity index is 2.07. The smallest absolute Gasteiger partial charge is 0.0669 e. The Morgan fingerprint density at radius 1 is 1.20 bits per heavy atom. The minimum absolute atomic E-state index is 0.319. The van der Waals surface area contributed by atoms with E-state index in [1.807, 2.05) is 6.20 Å². The maximum absolute atomic E-state index is 3.98. The largest absolute Gasteiger partial charge is 0.309 e. The quantitative estimate of drug-likeness (QED) is 0.839. The highest BCUT2D eigenvalue weighted by Crippen LogP contribution is 2.22. The lowest BCUT2D eigenvalue weighted by atomic mass is 9.99. The van der Waals surface area contributed by atoms with Crippen LogP contribution in [0.3, 0.4) is 0 Å². The fourth-order valence-corrected chi connectivity index (χ4v) is 2.77. The van der Waals surface area contributed by atoms with Crippen LogP contribution in [0.1, 0.15) is 55.2 Å². The summed E-state index contributed by atoms with van der Waals surface area (Å²) in [5.74, 6) is 0.587. The van der Waals surface area contributed by atoms with Gasteiger partial charge in [-0.25, -0.2) is 0 Å². The zero-order valence-corrected chi connectivity index (χ0v) is 13.3. The van der Waals surface area contributed by atoms with Gasteiger partial charge in [-0.2, -0.15) is 0 Å². The predicted octanol–water partition coefficient (Wildman–Crippen LogP) is 3.94. The van der Waals surface area contributed by atoms with Crippen LogP contribution in [0.4, 0.5) is 0 Å². The fourth-order valence-electron chi connectivity index (χ4n) is 2.19. The van der Waals surface area contributed by atoms with E-state index in [1.54, 1.807) is 0 Å². The molecule has 0 aliphatic heterocycles. The molecule has 2 rings (SSSR count). The highest BCUT2D eigenvalue weighted by Gasteiger charge is 2.14. The van der Waals surface area contributed by atoms with Crippen molar-refractivity contribution < 1.29 is 0 Å². The van der Waals surface area contributed by atoms with Gasteiger partial charge in [0.15, 0.2) is 0 Å². The highest BCUT2D eigenvalue weighted by atomic mass is 32.1. The van der Waals surface area contributed by atoms with E-state index in [9.17, 15) is 0 Å². The van der Waals surface area contributed by atoms with Crippen LogP contribution in [0, 0.1) is 0 Å². The van der Waals surface area contributed by atoms with E-state index in [0.29, 0.717) is 12.0 Å². The molecule has 108 valence electrons. The van der Waals surface area contributed by atoms with Crippen molar-refractivity contribution in [1.29, 1.82) is 0 Å². The zero-order valence-electron chi connectivity index (χ0n) is 12.5. The van der Waals surface area contributed by atoms with E-state index in [1.165, 1.54) is 27.5 Å². The molecule has 1 unspecified atom stereocenters. The second-order valence-corrected chi connectivity index (χ2v) is 6.24. The number of benzene rings is 1. The first-order valence-electron chi connectivity index (χ1n) is 7.30. The predicted molar refractivity (Wildman–Crippen MR) is 85.2 cm³/mol. The molecular weight excluding hydrogens is 266 g/mol. The lowest BCUT2D eigenvalue weighted by Gasteiger charge is -2.17. The number of nitrogens with zero attached hydrogens (tertiary/aromatic N) is 2. The van der Waals surface area contributed by atoms with E-state index in [0.717, 1.165) is 19.4 Å². The van der Waals surface area contributed by atoms with Crippen LogP contribution >= 0.6 is 11.5 Å². The summed E-state index contributed by atoms with van der Waals surface area (Å²) in [6.45, 7) is 7.66.